The Kier molecular flexibility index (Phi) is 4.11. The summed E-state index contributed by atoms with van der Waals surface area (Å²) in [5, 5.41) is 13.3. The van der Waals surface area contributed by atoms with Gasteiger partial charge in [0, 0.05) is 6.20 Å². The van der Waals surface area contributed by atoms with E-state index in [1.165, 1.54) is 30.6 Å². The Labute approximate surface area is 122 Å². The van der Waals surface area contributed by atoms with E-state index in [4.69, 9.17) is 23.2 Å². The van der Waals surface area contributed by atoms with Gasteiger partial charge in [0.05, 0.1) is 16.8 Å². The number of nitrogens with zero attached hydrogens (tertiary/aromatic N) is 3. The van der Waals surface area contributed by atoms with E-state index < -0.39 is 16.5 Å². The standard InChI is InChI=1S/C11H6Cl2N4O3/c12-8-2-1-6(5-15-8)16-11(18)7-3-4-14-10(13)9(7)17(19)20/h1-5H,(H,16,18). The van der Waals surface area contributed by atoms with Crippen molar-refractivity contribution in [1.29, 1.82) is 0 Å². The Morgan fingerprint density at radius 2 is 2.00 bits per heavy atom. The molecule has 2 aromatic rings. The minimum atomic E-state index is -0.760. The molecule has 0 aliphatic rings. The lowest BCUT2D eigenvalue weighted by Crippen LogP contribution is -2.14. The molecule has 1 amide bonds. The van der Waals surface area contributed by atoms with Gasteiger partial charge < -0.3 is 5.32 Å². The van der Waals surface area contributed by atoms with Crippen molar-refractivity contribution < 1.29 is 9.72 Å². The van der Waals surface area contributed by atoms with Crippen molar-refractivity contribution in [3.63, 3.8) is 0 Å². The Hall–Kier alpha value is -2.25. The number of rotatable bonds is 3. The van der Waals surface area contributed by atoms with Gasteiger partial charge in [0.25, 0.3) is 5.91 Å². The summed E-state index contributed by atoms with van der Waals surface area (Å²) in [5.41, 5.74) is -0.389. The molecule has 0 unspecified atom stereocenters. The molecule has 2 heterocycles. The van der Waals surface area contributed by atoms with Crippen molar-refractivity contribution in [2.45, 2.75) is 0 Å². The monoisotopic (exact) mass is 312 g/mol. The molecule has 0 fully saturated rings. The van der Waals surface area contributed by atoms with Gasteiger partial charge in [0.2, 0.25) is 5.15 Å². The fourth-order valence-corrected chi connectivity index (χ4v) is 1.77. The number of halogens is 2. The number of pyridine rings is 2. The molecule has 0 aromatic carbocycles. The number of anilines is 1. The lowest BCUT2D eigenvalue weighted by atomic mass is 10.2. The zero-order valence-corrected chi connectivity index (χ0v) is 11.2. The lowest BCUT2D eigenvalue weighted by Gasteiger charge is -2.05. The maximum atomic E-state index is 12.0. The molecule has 0 radical (unpaired) electrons. The first kappa shape index (κ1) is 14.2. The molecule has 2 aromatic heterocycles. The van der Waals surface area contributed by atoms with E-state index >= 15 is 0 Å². The lowest BCUT2D eigenvalue weighted by molar-refractivity contribution is -0.385. The summed E-state index contributed by atoms with van der Waals surface area (Å²) in [6, 6.07) is 4.20. The average Bonchev–Trinajstić information content (AvgIpc) is 2.40. The fraction of sp³-hybridized carbons (Fsp3) is 0. The van der Waals surface area contributed by atoms with Crippen LogP contribution in [-0.2, 0) is 0 Å². The first-order valence-corrected chi connectivity index (χ1v) is 5.96. The highest BCUT2D eigenvalue weighted by Crippen LogP contribution is 2.26. The molecular formula is C11H6Cl2N4O3. The van der Waals surface area contributed by atoms with E-state index in [0.29, 0.717) is 5.69 Å². The molecule has 20 heavy (non-hydrogen) atoms. The number of hydrogen-bond acceptors (Lipinski definition) is 5. The van der Waals surface area contributed by atoms with E-state index in [-0.39, 0.29) is 15.9 Å². The molecule has 0 bridgehead atoms. The highest BCUT2D eigenvalue weighted by molar-refractivity contribution is 6.32. The van der Waals surface area contributed by atoms with E-state index in [9.17, 15) is 14.9 Å². The van der Waals surface area contributed by atoms with Gasteiger partial charge in [0.15, 0.2) is 0 Å². The van der Waals surface area contributed by atoms with Crippen LogP contribution in [0.1, 0.15) is 10.4 Å². The first-order valence-electron chi connectivity index (χ1n) is 5.21. The van der Waals surface area contributed by atoms with Crippen LogP contribution < -0.4 is 5.32 Å². The highest BCUT2D eigenvalue weighted by atomic mass is 35.5. The second kappa shape index (κ2) is 5.81. The van der Waals surface area contributed by atoms with E-state index in [1.807, 2.05) is 0 Å². The quantitative estimate of drug-likeness (QED) is 0.533. The average molecular weight is 313 g/mol. The molecule has 0 aliphatic heterocycles. The minimum Gasteiger partial charge on any atom is -0.320 e. The predicted octanol–water partition coefficient (Wildman–Crippen LogP) is 2.94. The number of nitro groups is 1. The van der Waals surface area contributed by atoms with Gasteiger partial charge in [-0.05, 0) is 18.2 Å². The molecule has 2 rings (SSSR count). The third kappa shape index (κ3) is 3.01. The summed E-state index contributed by atoms with van der Waals surface area (Å²) in [7, 11) is 0. The summed E-state index contributed by atoms with van der Waals surface area (Å²) in [6.07, 6.45) is 2.54. The number of carbonyl (C=O) groups excluding carboxylic acids is 1. The molecule has 0 spiro atoms. The highest BCUT2D eigenvalue weighted by Gasteiger charge is 2.24. The van der Waals surface area contributed by atoms with Crippen LogP contribution in [-0.4, -0.2) is 20.8 Å². The molecule has 0 aliphatic carbocycles. The second-order valence-corrected chi connectivity index (χ2v) is 4.32. The Morgan fingerprint density at radius 3 is 2.60 bits per heavy atom. The third-order valence-electron chi connectivity index (χ3n) is 2.29. The van der Waals surface area contributed by atoms with Crippen LogP contribution >= 0.6 is 23.2 Å². The largest absolute Gasteiger partial charge is 0.320 e. The smallest absolute Gasteiger partial charge is 0.319 e. The van der Waals surface area contributed by atoms with Crippen LogP contribution in [0.3, 0.4) is 0 Å². The summed E-state index contributed by atoms with van der Waals surface area (Å²) in [4.78, 5) is 29.5. The van der Waals surface area contributed by atoms with Gasteiger partial charge >= 0.3 is 5.69 Å². The Bertz CT molecular complexity index is 676. The van der Waals surface area contributed by atoms with Gasteiger partial charge in [-0.15, -0.1) is 0 Å². The number of aromatic nitrogens is 2. The van der Waals surface area contributed by atoms with Crippen molar-refractivity contribution in [1.82, 2.24) is 9.97 Å². The zero-order valence-electron chi connectivity index (χ0n) is 9.71. The number of carbonyl (C=O) groups is 1. The van der Waals surface area contributed by atoms with Crippen LogP contribution in [0.4, 0.5) is 11.4 Å². The van der Waals surface area contributed by atoms with Gasteiger partial charge in [-0.1, -0.05) is 23.2 Å². The summed E-state index contributed by atoms with van der Waals surface area (Å²) < 4.78 is 0. The molecule has 0 atom stereocenters. The number of nitrogens with one attached hydrogen (secondary N) is 1. The van der Waals surface area contributed by atoms with Crippen LogP contribution in [0.2, 0.25) is 10.3 Å². The molecular weight excluding hydrogens is 307 g/mol. The fourth-order valence-electron chi connectivity index (χ4n) is 1.43. The normalized spacial score (nSPS) is 10.1. The number of hydrogen-bond donors (Lipinski definition) is 1. The van der Waals surface area contributed by atoms with Crippen LogP contribution in [0, 0.1) is 10.1 Å². The molecule has 7 nitrogen and oxygen atoms in total. The molecule has 0 saturated heterocycles. The Balaban J connectivity index is 2.32. The molecule has 102 valence electrons. The topological polar surface area (TPSA) is 98.0 Å². The SMILES string of the molecule is O=C(Nc1ccc(Cl)nc1)c1ccnc(Cl)c1[N+](=O)[O-]. The van der Waals surface area contributed by atoms with Crippen LogP contribution in [0.15, 0.2) is 30.6 Å². The summed E-state index contributed by atoms with van der Waals surface area (Å²) in [6.45, 7) is 0. The van der Waals surface area contributed by atoms with Crippen LogP contribution in [0.25, 0.3) is 0 Å². The summed E-state index contributed by atoms with van der Waals surface area (Å²) in [5.74, 6) is -0.690. The molecule has 9 heteroatoms. The van der Waals surface area contributed by atoms with Gasteiger partial charge in [-0.3, -0.25) is 14.9 Å². The first-order chi connectivity index (χ1) is 9.49. The summed E-state index contributed by atoms with van der Waals surface area (Å²) >= 11 is 11.2. The Morgan fingerprint density at radius 1 is 1.25 bits per heavy atom. The van der Waals surface area contributed by atoms with Gasteiger partial charge in [-0.2, -0.15) is 0 Å². The van der Waals surface area contributed by atoms with Crippen molar-refractivity contribution >= 4 is 40.5 Å². The van der Waals surface area contributed by atoms with Crippen molar-refractivity contribution in [2.75, 3.05) is 5.32 Å². The molecule has 0 saturated carbocycles. The zero-order chi connectivity index (χ0) is 14.7. The molecule has 1 N–H and O–H groups in total. The van der Waals surface area contributed by atoms with Gasteiger partial charge in [0.1, 0.15) is 10.7 Å². The van der Waals surface area contributed by atoms with E-state index in [1.54, 1.807) is 0 Å². The maximum absolute atomic E-state index is 12.0. The number of amides is 1. The van der Waals surface area contributed by atoms with E-state index in [0.717, 1.165) is 0 Å². The van der Waals surface area contributed by atoms with Crippen molar-refractivity contribution in [3.8, 4) is 0 Å². The van der Waals surface area contributed by atoms with Crippen molar-refractivity contribution in [3.05, 3.63) is 56.6 Å². The third-order valence-corrected chi connectivity index (χ3v) is 2.79. The van der Waals surface area contributed by atoms with Crippen molar-refractivity contribution in [2.24, 2.45) is 0 Å². The second-order valence-electron chi connectivity index (χ2n) is 3.58. The maximum Gasteiger partial charge on any atom is 0.319 e. The predicted molar refractivity (Wildman–Crippen MR) is 73.1 cm³/mol. The minimum absolute atomic E-state index is 0.190. The van der Waals surface area contributed by atoms with Gasteiger partial charge in [-0.25, -0.2) is 9.97 Å². The van der Waals surface area contributed by atoms with Crippen LogP contribution in [0.5, 0.6) is 0 Å². The van der Waals surface area contributed by atoms with E-state index in [2.05, 4.69) is 15.3 Å².